The van der Waals surface area contributed by atoms with Crippen molar-refractivity contribution >= 4 is 10.1 Å². The first-order valence-electron chi connectivity index (χ1n) is 2.62. The van der Waals surface area contributed by atoms with Crippen molar-refractivity contribution in [3.8, 4) is 0 Å². The Kier molecular flexibility index (Phi) is 3.80. The maximum atomic E-state index is 10.2. The Hall–Kier alpha value is -0.170. The van der Waals surface area contributed by atoms with Gasteiger partial charge in [-0.2, -0.15) is 8.42 Å². The second-order valence-electron chi connectivity index (χ2n) is 1.80. The van der Waals surface area contributed by atoms with E-state index in [0.29, 0.717) is 0 Å². The molecule has 0 rings (SSSR count). The maximum absolute atomic E-state index is 10.2. The topological polar surface area (TPSA) is 83.8 Å². The van der Waals surface area contributed by atoms with E-state index in [1.807, 2.05) is 0 Å². The average Bonchev–Trinajstić information content (AvgIpc) is 1.59. The third-order valence-electron chi connectivity index (χ3n) is 0.673. The minimum atomic E-state index is -3.44. The Bertz CT molecular complexity index is 170. The van der Waals surface area contributed by atoms with E-state index in [1.165, 1.54) is 0 Å². The van der Waals surface area contributed by atoms with E-state index in [4.69, 9.17) is 10.2 Å². The van der Waals surface area contributed by atoms with Gasteiger partial charge in [0.25, 0.3) is 10.1 Å². The van der Waals surface area contributed by atoms with Crippen LogP contribution in [-0.4, -0.2) is 37.8 Å². The molecule has 0 unspecified atom stereocenters. The van der Waals surface area contributed by atoms with Crippen molar-refractivity contribution in [1.82, 2.24) is 0 Å². The van der Waals surface area contributed by atoms with E-state index in [0.717, 1.165) is 6.26 Å². The zero-order valence-corrected chi connectivity index (χ0v) is 6.34. The fourth-order valence-corrected chi connectivity index (χ4v) is 0.704. The molecular formula is C4H10O5S. The Labute approximate surface area is 59.4 Å². The Balaban J connectivity index is 3.39. The van der Waals surface area contributed by atoms with Crippen LogP contribution in [0.3, 0.4) is 0 Å². The highest BCUT2D eigenvalue weighted by molar-refractivity contribution is 7.85. The van der Waals surface area contributed by atoms with E-state index in [1.54, 1.807) is 0 Å². The SMILES string of the molecule is CS(=O)(=O)OCCC(O)O. The van der Waals surface area contributed by atoms with Crippen LogP contribution in [0.5, 0.6) is 0 Å². The van der Waals surface area contributed by atoms with Crippen molar-refractivity contribution in [3.05, 3.63) is 0 Å². The van der Waals surface area contributed by atoms with Crippen LogP contribution in [0.25, 0.3) is 0 Å². The zero-order valence-electron chi connectivity index (χ0n) is 5.52. The molecule has 0 radical (unpaired) electrons. The second kappa shape index (κ2) is 3.87. The summed E-state index contributed by atoms with van der Waals surface area (Å²) in [6.45, 7) is -0.198. The minimum Gasteiger partial charge on any atom is -0.368 e. The van der Waals surface area contributed by atoms with Crippen LogP contribution in [0.15, 0.2) is 0 Å². The summed E-state index contributed by atoms with van der Waals surface area (Å²) in [5.74, 6) is 0. The first kappa shape index (κ1) is 9.83. The molecule has 0 aliphatic rings. The number of aliphatic hydroxyl groups is 2. The van der Waals surface area contributed by atoms with Crippen molar-refractivity contribution in [2.24, 2.45) is 0 Å². The molecule has 2 N–H and O–H groups in total. The van der Waals surface area contributed by atoms with Gasteiger partial charge in [-0.15, -0.1) is 0 Å². The van der Waals surface area contributed by atoms with E-state index in [-0.39, 0.29) is 13.0 Å². The molecule has 10 heavy (non-hydrogen) atoms. The molecule has 5 nitrogen and oxygen atoms in total. The summed E-state index contributed by atoms with van der Waals surface area (Å²) in [5, 5.41) is 16.5. The fraction of sp³-hybridized carbons (Fsp3) is 1.00. The lowest BCUT2D eigenvalue weighted by atomic mass is 10.5. The summed E-state index contributed by atoms with van der Waals surface area (Å²) in [5.41, 5.74) is 0. The monoisotopic (exact) mass is 170 g/mol. The van der Waals surface area contributed by atoms with Gasteiger partial charge in [0.15, 0.2) is 6.29 Å². The van der Waals surface area contributed by atoms with Crippen LogP contribution < -0.4 is 0 Å². The molecule has 0 bridgehead atoms. The molecule has 6 heteroatoms. The third-order valence-corrected chi connectivity index (χ3v) is 1.27. The zero-order chi connectivity index (χ0) is 8.20. The number of hydrogen-bond acceptors (Lipinski definition) is 5. The van der Waals surface area contributed by atoms with Gasteiger partial charge in [-0.25, -0.2) is 0 Å². The summed E-state index contributed by atoms with van der Waals surface area (Å²) in [6.07, 6.45) is -0.717. The summed E-state index contributed by atoms with van der Waals surface area (Å²) < 4.78 is 24.6. The molecule has 0 aliphatic carbocycles. The summed E-state index contributed by atoms with van der Waals surface area (Å²) in [6, 6.07) is 0. The predicted molar refractivity (Wildman–Crippen MR) is 33.6 cm³/mol. The van der Waals surface area contributed by atoms with Crippen LogP contribution >= 0.6 is 0 Å². The standard InChI is InChI=1S/C4H10O5S/c1-10(7,8)9-3-2-4(5)6/h4-6H,2-3H2,1H3. The minimum absolute atomic E-state index is 0.104. The van der Waals surface area contributed by atoms with Gasteiger partial charge in [0.05, 0.1) is 12.9 Å². The number of aliphatic hydroxyl groups excluding tert-OH is 1. The highest BCUT2D eigenvalue weighted by Crippen LogP contribution is 1.91. The molecule has 0 saturated heterocycles. The smallest absolute Gasteiger partial charge is 0.264 e. The highest BCUT2D eigenvalue weighted by Gasteiger charge is 2.02. The van der Waals surface area contributed by atoms with Gasteiger partial charge in [0, 0.05) is 6.42 Å². The van der Waals surface area contributed by atoms with Gasteiger partial charge in [-0.3, -0.25) is 4.18 Å². The lowest BCUT2D eigenvalue weighted by Gasteiger charge is -2.01. The normalized spacial score (nSPS) is 12.4. The predicted octanol–water partition coefficient (Wildman–Crippen LogP) is -1.34. The Morgan fingerprint density at radius 3 is 2.30 bits per heavy atom. The van der Waals surface area contributed by atoms with Crippen LogP contribution in [0, 0.1) is 0 Å². The molecular weight excluding hydrogens is 160 g/mol. The fourth-order valence-electron chi connectivity index (χ4n) is 0.305. The first-order chi connectivity index (χ1) is 4.42. The van der Waals surface area contributed by atoms with Gasteiger partial charge < -0.3 is 10.2 Å². The van der Waals surface area contributed by atoms with Crippen molar-refractivity contribution in [2.45, 2.75) is 12.7 Å². The van der Waals surface area contributed by atoms with Crippen LogP contribution in [-0.2, 0) is 14.3 Å². The van der Waals surface area contributed by atoms with E-state index in [2.05, 4.69) is 4.18 Å². The molecule has 0 fully saturated rings. The van der Waals surface area contributed by atoms with E-state index in [9.17, 15) is 8.42 Å². The molecule has 0 amide bonds. The first-order valence-corrected chi connectivity index (χ1v) is 4.44. The van der Waals surface area contributed by atoms with Crippen molar-refractivity contribution in [2.75, 3.05) is 12.9 Å². The van der Waals surface area contributed by atoms with Gasteiger partial charge >= 0.3 is 0 Å². The van der Waals surface area contributed by atoms with Crippen molar-refractivity contribution in [3.63, 3.8) is 0 Å². The molecule has 0 aliphatic heterocycles. The molecule has 0 aromatic heterocycles. The van der Waals surface area contributed by atoms with Gasteiger partial charge in [-0.1, -0.05) is 0 Å². The second-order valence-corrected chi connectivity index (χ2v) is 3.44. The lowest BCUT2D eigenvalue weighted by Crippen LogP contribution is -2.11. The molecule has 0 spiro atoms. The van der Waals surface area contributed by atoms with Crippen molar-refractivity contribution < 1.29 is 22.8 Å². The average molecular weight is 170 g/mol. The van der Waals surface area contributed by atoms with Crippen LogP contribution in [0.2, 0.25) is 0 Å². The Morgan fingerprint density at radius 1 is 1.50 bits per heavy atom. The Morgan fingerprint density at radius 2 is 2.00 bits per heavy atom. The lowest BCUT2D eigenvalue weighted by molar-refractivity contribution is -0.0514. The quantitative estimate of drug-likeness (QED) is 0.403. The van der Waals surface area contributed by atoms with Crippen LogP contribution in [0.4, 0.5) is 0 Å². The highest BCUT2D eigenvalue weighted by atomic mass is 32.2. The van der Waals surface area contributed by atoms with Gasteiger partial charge in [0.1, 0.15) is 0 Å². The molecule has 62 valence electrons. The largest absolute Gasteiger partial charge is 0.368 e. The molecule has 0 atom stereocenters. The van der Waals surface area contributed by atoms with Crippen molar-refractivity contribution in [1.29, 1.82) is 0 Å². The van der Waals surface area contributed by atoms with E-state index >= 15 is 0 Å². The number of hydrogen-bond donors (Lipinski definition) is 2. The summed E-state index contributed by atoms with van der Waals surface area (Å²) >= 11 is 0. The molecule has 0 saturated carbocycles. The van der Waals surface area contributed by atoms with Gasteiger partial charge in [0.2, 0.25) is 0 Å². The number of rotatable bonds is 4. The molecule has 0 aromatic rings. The third kappa shape index (κ3) is 7.83. The summed E-state index contributed by atoms with van der Waals surface area (Å²) in [7, 11) is -3.44. The van der Waals surface area contributed by atoms with Gasteiger partial charge in [-0.05, 0) is 0 Å². The maximum Gasteiger partial charge on any atom is 0.264 e. The molecule has 0 aromatic carbocycles. The summed E-state index contributed by atoms with van der Waals surface area (Å²) in [4.78, 5) is 0. The van der Waals surface area contributed by atoms with E-state index < -0.39 is 16.4 Å². The molecule has 0 heterocycles. The van der Waals surface area contributed by atoms with Crippen LogP contribution in [0.1, 0.15) is 6.42 Å².